The van der Waals surface area contributed by atoms with E-state index in [0.717, 1.165) is 0 Å². The van der Waals surface area contributed by atoms with Crippen molar-refractivity contribution < 1.29 is 36.1 Å². The first kappa shape index (κ1) is 10.9. The van der Waals surface area contributed by atoms with Crippen molar-refractivity contribution in [2.24, 2.45) is 0 Å². The van der Waals surface area contributed by atoms with Crippen LogP contribution in [-0.4, -0.2) is 70.6 Å². The van der Waals surface area contributed by atoms with E-state index in [1.807, 2.05) is 0 Å². The van der Waals surface area contributed by atoms with Crippen molar-refractivity contribution in [2.45, 2.75) is 30.7 Å². The standard InChI is InChI=1S/C8H14O7/c9-1-2-14-8-7(13)6(12)5(11)4(3-10)15-8/h1,4-8,10-13H,2-3H2/t4-,5-,6+,7-,8?/m1/s1/i1D. The fourth-order valence-corrected chi connectivity index (χ4v) is 1.32. The SMILES string of the molecule is [2H]C(=O)COC1O[C@H](CO)[C@@H](O)[C@H](O)[C@H]1O. The second kappa shape index (κ2) is 5.50. The molecule has 0 spiro atoms. The highest BCUT2D eigenvalue weighted by Crippen LogP contribution is 2.21. The van der Waals surface area contributed by atoms with E-state index in [0.29, 0.717) is 0 Å². The summed E-state index contributed by atoms with van der Waals surface area (Å²) in [6, 6.07) is 0. The first-order chi connectivity index (χ1) is 7.47. The summed E-state index contributed by atoms with van der Waals surface area (Å²) in [6.07, 6.45) is -8.01. The van der Waals surface area contributed by atoms with Crippen molar-refractivity contribution in [2.75, 3.05) is 13.2 Å². The maximum Gasteiger partial charge on any atom is 0.187 e. The molecule has 7 nitrogen and oxygen atoms in total. The normalized spacial score (nSPS) is 42.4. The zero-order valence-electron chi connectivity index (χ0n) is 8.81. The molecule has 0 bridgehead atoms. The van der Waals surface area contributed by atoms with E-state index in [-0.39, 0.29) is 0 Å². The highest BCUT2D eigenvalue weighted by atomic mass is 16.7. The number of rotatable bonds is 4. The van der Waals surface area contributed by atoms with Gasteiger partial charge in [-0.25, -0.2) is 0 Å². The van der Waals surface area contributed by atoms with Crippen LogP contribution in [0.3, 0.4) is 0 Å². The molecular formula is C8H14O7. The van der Waals surface area contributed by atoms with Gasteiger partial charge in [0.2, 0.25) is 0 Å². The lowest BCUT2D eigenvalue weighted by Crippen LogP contribution is -2.59. The minimum atomic E-state index is -1.54. The number of carbonyl (C=O) groups excluding carboxylic acids is 1. The Morgan fingerprint density at radius 3 is 2.53 bits per heavy atom. The molecule has 5 atom stereocenters. The van der Waals surface area contributed by atoms with Gasteiger partial charge in [0.15, 0.2) is 6.29 Å². The minimum Gasteiger partial charge on any atom is -0.394 e. The van der Waals surface area contributed by atoms with Gasteiger partial charge in [-0.05, 0) is 0 Å². The van der Waals surface area contributed by atoms with Gasteiger partial charge in [-0.1, -0.05) is 0 Å². The average molecular weight is 223 g/mol. The van der Waals surface area contributed by atoms with Crippen molar-refractivity contribution in [1.29, 1.82) is 0 Å². The Morgan fingerprint density at radius 1 is 1.33 bits per heavy atom. The molecule has 7 heteroatoms. The highest BCUT2D eigenvalue weighted by Gasteiger charge is 2.43. The van der Waals surface area contributed by atoms with E-state index in [2.05, 4.69) is 0 Å². The summed E-state index contributed by atoms with van der Waals surface area (Å²) >= 11 is 0. The molecule has 0 saturated carbocycles. The third-order valence-corrected chi connectivity index (χ3v) is 2.15. The van der Waals surface area contributed by atoms with Crippen LogP contribution in [0.25, 0.3) is 0 Å². The average Bonchev–Trinajstić information content (AvgIpc) is 2.25. The van der Waals surface area contributed by atoms with Gasteiger partial charge in [-0.3, -0.25) is 0 Å². The van der Waals surface area contributed by atoms with Gasteiger partial charge in [0.05, 0.1) is 6.61 Å². The van der Waals surface area contributed by atoms with Crippen LogP contribution in [0.5, 0.6) is 0 Å². The van der Waals surface area contributed by atoms with E-state index in [9.17, 15) is 20.1 Å². The molecule has 1 aliphatic rings. The van der Waals surface area contributed by atoms with Crippen LogP contribution >= 0.6 is 0 Å². The second-order valence-corrected chi connectivity index (χ2v) is 3.15. The molecule has 0 radical (unpaired) electrons. The number of aliphatic hydroxyl groups excluding tert-OH is 4. The molecule has 4 N–H and O–H groups in total. The summed E-state index contributed by atoms with van der Waals surface area (Å²) in [5.41, 5.74) is 0. The molecule has 1 saturated heterocycles. The summed E-state index contributed by atoms with van der Waals surface area (Å²) in [7, 11) is 0. The number of ether oxygens (including phenoxy) is 2. The van der Waals surface area contributed by atoms with Crippen molar-refractivity contribution in [3.63, 3.8) is 0 Å². The van der Waals surface area contributed by atoms with E-state index in [1.54, 1.807) is 0 Å². The van der Waals surface area contributed by atoms with Gasteiger partial charge >= 0.3 is 0 Å². The smallest absolute Gasteiger partial charge is 0.187 e. The van der Waals surface area contributed by atoms with Crippen molar-refractivity contribution >= 4 is 6.26 Å². The molecular weight excluding hydrogens is 208 g/mol. The third kappa shape index (κ3) is 2.71. The van der Waals surface area contributed by atoms with E-state index < -0.39 is 50.2 Å². The lowest BCUT2D eigenvalue weighted by molar-refractivity contribution is -0.298. The van der Waals surface area contributed by atoms with Crippen LogP contribution in [0.2, 0.25) is 0 Å². The maximum absolute atomic E-state index is 10.3. The number of hydrogen-bond donors (Lipinski definition) is 4. The molecule has 0 amide bonds. The van der Waals surface area contributed by atoms with Gasteiger partial charge in [0.1, 0.15) is 38.7 Å². The highest BCUT2D eigenvalue weighted by molar-refractivity contribution is 5.50. The molecule has 0 aromatic carbocycles. The first-order valence-electron chi connectivity index (χ1n) is 4.89. The van der Waals surface area contributed by atoms with Crippen LogP contribution in [0, 0.1) is 0 Å². The number of aldehydes is 1. The maximum atomic E-state index is 10.3. The Bertz CT molecular complexity index is 247. The number of aliphatic hydroxyl groups is 4. The van der Waals surface area contributed by atoms with Crippen molar-refractivity contribution in [3.05, 3.63) is 0 Å². The Morgan fingerprint density at radius 2 is 2.00 bits per heavy atom. The Hall–Kier alpha value is -0.570. The van der Waals surface area contributed by atoms with E-state index >= 15 is 0 Å². The molecule has 1 aliphatic heterocycles. The molecule has 1 rings (SSSR count). The summed E-state index contributed by atoms with van der Waals surface area (Å²) in [5.74, 6) is 0. The lowest BCUT2D eigenvalue weighted by Gasteiger charge is -2.39. The van der Waals surface area contributed by atoms with Gasteiger partial charge in [0.25, 0.3) is 0 Å². The summed E-state index contributed by atoms with van der Waals surface area (Å²) in [6.45, 7) is -1.18. The van der Waals surface area contributed by atoms with Gasteiger partial charge < -0.3 is 34.7 Å². The van der Waals surface area contributed by atoms with Gasteiger partial charge in [0, 0.05) is 0 Å². The minimum absolute atomic E-state index is 0.570. The monoisotopic (exact) mass is 223 g/mol. The lowest BCUT2D eigenvalue weighted by atomic mass is 9.99. The molecule has 0 aromatic rings. The molecule has 88 valence electrons. The van der Waals surface area contributed by atoms with Crippen LogP contribution in [0.15, 0.2) is 0 Å². The largest absolute Gasteiger partial charge is 0.394 e. The summed E-state index contributed by atoms with van der Waals surface area (Å²) < 4.78 is 16.2. The Balaban J connectivity index is 2.60. The molecule has 1 heterocycles. The van der Waals surface area contributed by atoms with Crippen LogP contribution in [0.4, 0.5) is 0 Å². The molecule has 0 aromatic heterocycles. The van der Waals surface area contributed by atoms with Gasteiger partial charge in [-0.2, -0.15) is 0 Å². The fraction of sp³-hybridized carbons (Fsp3) is 0.875. The fourth-order valence-electron chi connectivity index (χ4n) is 1.32. The molecule has 1 fully saturated rings. The molecule has 1 unspecified atom stereocenters. The molecule has 0 aliphatic carbocycles. The predicted molar refractivity (Wildman–Crippen MR) is 45.8 cm³/mol. The topological polar surface area (TPSA) is 116 Å². The second-order valence-electron chi connectivity index (χ2n) is 3.15. The van der Waals surface area contributed by atoms with Crippen molar-refractivity contribution in [1.82, 2.24) is 0 Å². The van der Waals surface area contributed by atoms with Crippen LogP contribution < -0.4 is 0 Å². The quantitative estimate of drug-likeness (QED) is 0.375. The third-order valence-electron chi connectivity index (χ3n) is 2.15. The van der Waals surface area contributed by atoms with Crippen LogP contribution in [0.1, 0.15) is 1.37 Å². The van der Waals surface area contributed by atoms with Crippen molar-refractivity contribution in [3.8, 4) is 0 Å². The van der Waals surface area contributed by atoms with Crippen LogP contribution in [-0.2, 0) is 14.3 Å². The Kier molecular flexibility index (Phi) is 4.01. The first-order valence-corrected chi connectivity index (χ1v) is 4.39. The number of hydrogen-bond acceptors (Lipinski definition) is 7. The zero-order chi connectivity index (χ0) is 12.3. The predicted octanol–water partition coefficient (Wildman–Crippen LogP) is -3.00. The Labute approximate surface area is 87.3 Å². The summed E-state index contributed by atoms with van der Waals surface area (Å²) in [4.78, 5) is 10.3. The molecule has 15 heavy (non-hydrogen) atoms. The van der Waals surface area contributed by atoms with E-state index in [1.165, 1.54) is 0 Å². The van der Waals surface area contributed by atoms with E-state index in [4.69, 9.17) is 16.0 Å². The number of carbonyl (C=O) groups is 1. The summed E-state index contributed by atoms with van der Waals surface area (Å²) in [5, 5.41) is 37.0. The van der Waals surface area contributed by atoms with Gasteiger partial charge in [-0.15, -0.1) is 0 Å². The zero-order valence-corrected chi connectivity index (χ0v) is 7.81.